The molecule has 104 valence electrons. The van der Waals surface area contributed by atoms with E-state index in [0.29, 0.717) is 6.42 Å². The van der Waals surface area contributed by atoms with Crippen LogP contribution in [0.3, 0.4) is 0 Å². The van der Waals surface area contributed by atoms with E-state index in [1.807, 2.05) is 38.3 Å². The fourth-order valence-corrected chi connectivity index (χ4v) is 3.00. The molecular weight excluding hydrogens is 250 g/mol. The molecule has 0 saturated heterocycles. The molecule has 0 fully saturated rings. The summed E-state index contributed by atoms with van der Waals surface area (Å²) < 4.78 is 5.58. The lowest BCUT2D eigenvalue weighted by Crippen LogP contribution is -2.35. The lowest BCUT2D eigenvalue weighted by molar-refractivity contribution is -0.153. The molecule has 1 atom stereocenters. The minimum Gasteiger partial charge on any atom is -0.456 e. The largest absolute Gasteiger partial charge is 0.456 e. The Hall–Kier alpha value is -1.90. The molecule has 2 aliphatic heterocycles. The second-order valence-electron chi connectivity index (χ2n) is 6.04. The van der Waals surface area contributed by atoms with Crippen molar-refractivity contribution in [1.82, 2.24) is 0 Å². The second-order valence-corrected chi connectivity index (χ2v) is 6.04. The molecule has 1 unspecified atom stereocenters. The summed E-state index contributed by atoms with van der Waals surface area (Å²) in [4.78, 5) is 16.9. The summed E-state index contributed by atoms with van der Waals surface area (Å²) in [6.45, 7) is 3.87. The van der Waals surface area contributed by atoms with Crippen molar-refractivity contribution in [2.45, 2.75) is 44.6 Å². The van der Waals surface area contributed by atoms with Gasteiger partial charge in [-0.1, -0.05) is 30.3 Å². The molecule has 0 bridgehead atoms. The van der Waals surface area contributed by atoms with E-state index in [-0.39, 0.29) is 11.9 Å². The predicted octanol–water partition coefficient (Wildman–Crippen LogP) is 3.61. The molecule has 2 aliphatic rings. The summed E-state index contributed by atoms with van der Waals surface area (Å²) in [5.74, 6) is -0.110. The van der Waals surface area contributed by atoms with E-state index in [0.717, 1.165) is 24.1 Å². The van der Waals surface area contributed by atoms with E-state index < -0.39 is 5.60 Å². The van der Waals surface area contributed by atoms with Crippen molar-refractivity contribution in [2.24, 2.45) is 4.99 Å². The Bertz CT molecular complexity index is 584. The Balaban J connectivity index is 2.07. The number of rotatable bonds is 1. The van der Waals surface area contributed by atoms with Crippen LogP contribution in [0.1, 0.15) is 44.6 Å². The maximum atomic E-state index is 12.4. The summed E-state index contributed by atoms with van der Waals surface area (Å²) >= 11 is 0. The van der Waals surface area contributed by atoms with Crippen LogP contribution < -0.4 is 0 Å². The van der Waals surface area contributed by atoms with Gasteiger partial charge < -0.3 is 4.74 Å². The number of aliphatic imine (C=N–C) groups is 1. The minimum absolute atomic E-state index is 0.0947. The van der Waals surface area contributed by atoms with Gasteiger partial charge in [-0.2, -0.15) is 0 Å². The predicted molar refractivity (Wildman–Crippen MR) is 78.7 cm³/mol. The molecule has 0 radical (unpaired) electrons. The number of carbonyl (C=O) groups excluding carboxylic acids is 1. The van der Waals surface area contributed by atoms with Gasteiger partial charge in [-0.25, -0.2) is 4.79 Å². The highest BCUT2D eigenvalue weighted by Crippen LogP contribution is 2.40. The van der Waals surface area contributed by atoms with Crippen LogP contribution in [0.4, 0.5) is 0 Å². The maximum absolute atomic E-state index is 12.4. The van der Waals surface area contributed by atoms with Crippen LogP contribution in [-0.4, -0.2) is 17.8 Å². The highest BCUT2D eigenvalue weighted by molar-refractivity contribution is 5.93. The molecule has 1 aromatic carbocycles. The normalized spacial score (nSPS) is 24.9. The van der Waals surface area contributed by atoms with E-state index in [1.165, 1.54) is 5.56 Å². The van der Waals surface area contributed by atoms with Gasteiger partial charge in [0.25, 0.3) is 0 Å². The number of hydrogen-bond acceptors (Lipinski definition) is 3. The number of nitrogens with zero attached hydrogens (tertiary/aromatic N) is 1. The lowest BCUT2D eigenvalue weighted by atomic mass is 9.83. The molecule has 3 rings (SSSR count). The Kier molecular flexibility index (Phi) is 3.20. The number of esters is 1. The number of carbonyl (C=O) groups is 1. The number of hydrogen-bond donors (Lipinski definition) is 0. The van der Waals surface area contributed by atoms with Crippen molar-refractivity contribution in [3.05, 3.63) is 47.2 Å². The number of benzene rings is 1. The monoisotopic (exact) mass is 269 g/mol. The molecule has 0 spiro atoms. The zero-order valence-corrected chi connectivity index (χ0v) is 11.9. The third-order valence-corrected chi connectivity index (χ3v) is 3.87. The zero-order valence-electron chi connectivity index (χ0n) is 11.9. The van der Waals surface area contributed by atoms with Crippen LogP contribution in [0, 0.1) is 0 Å². The first-order chi connectivity index (χ1) is 9.57. The molecule has 20 heavy (non-hydrogen) atoms. The highest BCUT2D eigenvalue weighted by Gasteiger charge is 2.38. The summed E-state index contributed by atoms with van der Waals surface area (Å²) in [5, 5.41) is 0. The van der Waals surface area contributed by atoms with Crippen molar-refractivity contribution in [3.8, 4) is 0 Å². The van der Waals surface area contributed by atoms with Gasteiger partial charge in [0.15, 0.2) is 0 Å². The first kappa shape index (κ1) is 13.1. The van der Waals surface area contributed by atoms with E-state index in [9.17, 15) is 4.79 Å². The Morgan fingerprint density at radius 1 is 1.25 bits per heavy atom. The average Bonchev–Trinajstić information content (AvgIpc) is 2.60. The van der Waals surface area contributed by atoms with Crippen LogP contribution in [0.2, 0.25) is 0 Å². The van der Waals surface area contributed by atoms with Gasteiger partial charge >= 0.3 is 5.97 Å². The van der Waals surface area contributed by atoms with Crippen LogP contribution in [0.25, 0.3) is 0 Å². The highest BCUT2D eigenvalue weighted by atomic mass is 16.6. The molecule has 0 aromatic heterocycles. The van der Waals surface area contributed by atoms with E-state index >= 15 is 0 Å². The smallest absolute Gasteiger partial charge is 0.337 e. The molecule has 0 N–H and O–H groups in total. The summed E-state index contributed by atoms with van der Waals surface area (Å²) in [7, 11) is 0. The third-order valence-electron chi connectivity index (χ3n) is 3.87. The summed E-state index contributed by atoms with van der Waals surface area (Å²) in [6.07, 6.45) is 4.42. The van der Waals surface area contributed by atoms with E-state index in [4.69, 9.17) is 4.74 Å². The van der Waals surface area contributed by atoms with Crippen molar-refractivity contribution >= 4 is 12.2 Å². The maximum Gasteiger partial charge on any atom is 0.337 e. The standard InChI is InChI=1S/C17H19NO2/c1-17(2)11-14-15(16(19)20-17)13(9-6-10-18-14)12-7-4-3-5-8-12/h3-5,7-8,10,13H,6,9,11H2,1-2H3. The molecule has 0 saturated carbocycles. The molecule has 3 heteroatoms. The van der Waals surface area contributed by atoms with Crippen molar-refractivity contribution in [1.29, 1.82) is 0 Å². The van der Waals surface area contributed by atoms with Crippen LogP contribution in [0.5, 0.6) is 0 Å². The zero-order chi connectivity index (χ0) is 14.2. The summed E-state index contributed by atoms with van der Waals surface area (Å²) in [6, 6.07) is 10.2. The molecule has 0 aliphatic carbocycles. The van der Waals surface area contributed by atoms with Gasteiger partial charge in [-0.15, -0.1) is 0 Å². The minimum atomic E-state index is -0.459. The Morgan fingerprint density at radius 3 is 2.75 bits per heavy atom. The van der Waals surface area contributed by atoms with Crippen molar-refractivity contribution < 1.29 is 9.53 Å². The Morgan fingerprint density at radius 2 is 2.00 bits per heavy atom. The summed E-state index contributed by atoms with van der Waals surface area (Å²) in [5.41, 5.74) is 2.36. The first-order valence-corrected chi connectivity index (χ1v) is 7.11. The molecular formula is C17H19NO2. The SMILES string of the molecule is CC1(C)CC2=C(C(=O)O1)C(c1ccccc1)CCC=N2. The molecule has 2 heterocycles. The molecule has 3 nitrogen and oxygen atoms in total. The van der Waals surface area contributed by atoms with Crippen LogP contribution in [0.15, 0.2) is 46.6 Å². The molecule has 1 aromatic rings. The van der Waals surface area contributed by atoms with Crippen molar-refractivity contribution in [2.75, 3.05) is 0 Å². The second kappa shape index (κ2) is 4.89. The van der Waals surface area contributed by atoms with E-state index in [2.05, 4.69) is 17.1 Å². The van der Waals surface area contributed by atoms with Gasteiger partial charge in [0.1, 0.15) is 5.60 Å². The van der Waals surface area contributed by atoms with Gasteiger partial charge in [0.2, 0.25) is 0 Å². The Labute approximate surface area is 119 Å². The van der Waals surface area contributed by atoms with Gasteiger partial charge in [-0.3, -0.25) is 4.99 Å². The fraction of sp³-hybridized carbons (Fsp3) is 0.412. The lowest BCUT2D eigenvalue weighted by Gasteiger charge is -2.33. The number of ether oxygens (including phenoxy) is 1. The quantitative estimate of drug-likeness (QED) is 0.730. The number of cyclic esters (lactones) is 1. The fourth-order valence-electron chi connectivity index (χ4n) is 3.00. The van der Waals surface area contributed by atoms with Crippen LogP contribution >= 0.6 is 0 Å². The van der Waals surface area contributed by atoms with Gasteiger partial charge in [0, 0.05) is 18.6 Å². The first-order valence-electron chi connectivity index (χ1n) is 7.11. The molecule has 0 amide bonds. The van der Waals surface area contributed by atoms with Gasteiger partial charge in [-0.05, 0) is 32.3 Å². The van der Waals surface area contributed by atoms with Crippen molar-refractivity contribution in [3.63, 3.8) is 0 Å². The third kappa shape index (κ3) is 2.40. The van der Waals surface area contributed by atoms with Gasteiger partial charge in [0.05, 0.1) is 11.3 Å². The topological polar surface area (TPSA) is 38.7 Å². The van der Waals surface area contributed by atoms with Crippen LogP contribution in [-0.2, 0) is 9.53 Å². The average molecular weight is 269 g/mol. The van der Waals surface area contributed by atoms with E-state index in [1.54, 1.807) is 0 Å².